The monoisotopic (exact) mass is 286 g/mol. The molecule has 1 aliphatic rings. The van der Waals surface area contributed by atoms with Crippen LogP contribution in [0.4, 0.5) is 0 Å². The fourth-order valence-electron chi connectivity index (χ4n) is 2.10. The minimum atomic E-state index is -1.17. The van der Waals surface area contributed by atoms with E-state index in [9.17, 15) is 14.4 Å². The number of nitrogens with zero attached hydrogens (tertiary/aromatic N) is 1. The molecule has 0 saturated carbocycles. The van der Waals surface area contributed by atoms with Crippen molar-refractivity contribution in [1.82, 2.24) is 10.2 Å². The first kappa shape index (κ1) is 16.4. The lowest BCUT2D eigenvalue weighted by atomic mass is 10.1. The van der Waals surface area contributed by atoms with Gasteiger partial charge in [-0.05, 0) is 19.3 Å². The molecule has 0 spiro atoms. The average molecular weight is 286 g/mol. The second kappa shape index (κ2) is 7.81. The number of carboxylic acids is 1. The molecule has 0 aromatic heterocycles. The van der Waals surface area contributed by atoms with Crippen molar-refractivity contribution in [3.63, 3.8) is 0 Å². The normalized spacial score (nSPS) is 18.4. The topological polar surface area (TPSA) is 139 Å². The van der Waals surface area contributed by atoms with E-state index in [1.54, 1.807) is 0 Å². The van der Waals surface area contributed by atoms with E-state index in [1.807, 2.05) is 4.90 Å². The van der Waals surface area contributed by atoms with Crippen molar-refractivity contribution < 1.29 is 19.5 Å². The van der Waals surface area contributed by atoms with Crippen molar-refractivity contribution in [1.29, 1.82) is 0 Å². The minimum absolute atomic E-state index is 0.00127. The van der Waals surface area contributed by atoms with Crippen LogP contribution in [0.1, 0.15) is 25.7 Å². The van der Waals surface area contributed by atoms with Crippen molar-refractivity contribution in [3.8, 4) is 0 Å². The molecular weight excluding hydrogens is 264 g/mol. The molecule has 114 valence electrons. The Hall–Kier alpha value is -1.67. The first-order chi connectivity index (χ1) is 9.38. The molecule has 8 nitrogen and oxygen atoms in total. The van der Waals surface area contributed by atoms with Crippen LogP contribution in [0.3, 0.4) is 0 Å². The predicted octanol–water partition coefficient (Wildman–Crippen LogP) is -1.76. The molecule has 20 heavy (non-hydrogen) atoms. The highest BCUT2D eigenvalue weighted by molar-refractivity contribution is 5.85. The Morgan fingerprint density at radius 1 is 1.30 bits per heavy atom. The molecule has 8 heteroatoms. The summed E-state index contributed by atoms with van der Waals surface area (Å²) in [6.45, 7) is 1.61. The van der Waals surface area contributed by atoms with E-state index < -0.39 is 17.9 Å². The molecule has 1 fully saturated rings. The number of nitrogens with one attached hydrogen (secondary N) is 1. The van der Waals surface area contributed by atoms with Crippen molar-refractivity contribution in [2.75, 3.05) is 19.6 Å². The van der Waals surface area contributed by atoms with E-state index in [0.29, 0.717) is 0 Å². The van der Waals surface area contributed by atoms with Gasteiger partial charge in [0.2, 0.25) is 11.8 Å². The largest absolute Gasteiger partial charge is 0.480 e. The smallest absolute Gasteiger partial charge is 0.326 e. The van der Waals surface area contributed by atoms with Gasteiger partial charge < -0.3 is 21.9 Å². The summed E-state index contributed by atoms with van der Waals surface area (Å²) in [5.74, 6) is -2.12. The number of carbonyl (C=O) groups excluding carboxylic acids is 2. The van der Waals surface area contributed by atoms with Crippen LogP contribution in [0.2, 0.25) is 0 Å². The number of rotatable bonds is 7. The van der Waals surface area contributed by atoms with E-state index in [1.165, 1.54) is 0 Å². The Bertz CT molecular complexity index is 366. The van der Waals surface area contributed by atoms with Gasteiger partial charge in [0.05, 0.1) is 6.54 Å². The van der Waals surface area contributed by atoms with Crippen LogP contribution >= 0.6 is 0 Å². The van der Waals surface area contributed by atoms with Gasteiger partial charge in [-0.1, -0.05) is 0 Å². The molecule has 1 heterocycles. The second-order valence-corrected chi connectivity index (χ2v) is 5.08. The lowest BCUT2D eigenvalue weighted by Gasteiger charge is -2.29. The van der Waals surface area contributed by atoms with Crippen LogP contribution in [0.5, 0.6) is 0 Å². The van der Waals surface area contributed by atoms with Gasteiger partial charge in [-0.25, -0.2) is 4.79 Å². The number of hydrogen-bond donors (Lipinski definition) is 4. The van der Waals surface area contributed by atoms with Crippen LogP contribution in [-0.4, -0.2) is 59.5 Å². The number of piperidine rings is 1. The predicted molar refractivity (Wildman–Crippen MR) is 71.6 cm³/mol. The Kier molecular flexibility index (Phi) is 6.40. The third-order valence-corrected chi connectivity index (χ3v) is 3.31. The van der Waals surface area contributed by atoms with E-state index in [0.717, 1.165) is 25.9 Å². The Morgan fingerprint density at radius 3 is 2.40 bits per heavy atom. The molecular formula is C12H22N4O4. The summed E-state index contributed by atoms with van der Waals surface area (Å²) in [4.78, 5) is 35.4. The van der Waals surface area contributed by atoms with Gasteiger partial charge in [0, 0.05) is 25.6 Å². The molecule has 0 aliphatic carbocycles. The van der Waals surface area contributed by atoms with Gasteiger partial charge >= 0.3 is 5.97 Å². The van der Waals surface area contributed by atoms with Gasteiger partial charge in [-0.2, -0.15) is 0 Å². The third-order valence-electron chi connectivity index (χ3n) is 3.31. The minimum Gasteiger partial charge on any atom is -0.480 e. The maximum atomic E-state index is 11.8. The fraction of sp³-hybridized carbons (Fsp3) is 0.750. The van der Waals surface area contributed by atoms with Gasteiger partial charge in [0.25, 0.3) is 0 Å². The molecule has 2 amide bonds. The number of amides is 2. The summed E-state index contributed by atoms with van der Waals surface area (Å²) in [5.41, 5.74) is 10.7. The number of nitrogens with two attached hydrogens (primary N) is 2. The summed E-state index contributed by atoms with van der Waals surface area (Å²) in [5, 5.41) is 11.4. The van der Waals surface area contributed by atoms with E-state index >= 15 is 0 Å². The number of carbonyl (C=O) groups is 3. The molecule has 0 aromatic carbocycles. The first-order valence-electron chi connectivity index (χ1n) is 6.67. The molecule has 1 aliphatic heterocycles. The number of primary amides is 1. The van der Waals surface area contributed by atoms with Gasteiger partial charge in [-0.3, -0.25) is 14.5 Å². The van der Waals surface area contributed by atoms with Crippen LogP contribution in [-0.2, 0) is 14.4 Å². The standard InChI is InChI=1S/C12H22N4O4/c13-8-3-5-16(6-4-8)7-11(18)15-9(12(19)20)1-2-10(14)17/h8-9H,1-7,13H2,(H2,14,17)(H,15,18)(H,19,20)/t9-/m0/s1. The Labute approximate surface area is 117 Å². The maximum Gasteiger partial charge on any atom is 0.326 e. The number of aliphatic carboxylic acids is 1. The zero-order valence-electron chi connectivity index (χ0n) is 11.4. The van der Waals surface area contributed by atoms with Crippen molar-refractivity contribution in [2.24, 2.45) is 11.5 Å². The maximum absolute atomic E-state index is 11.8. The number of likely N-dealkylation sites (tertiary alicyclic amines) is 1. The van der Waals surface area contributed by atoms with Crippen LogP contribution in [0, 0.1) is 0 Å². The molecule has 1 rings (SSSR count). The summed E-state index contributed by atoms with van der Waals surface area (Å²) in [6.07, 6.45) is 1.59. The van der Waals surface area contributed by atoms with Crippen LogP contribution in [0.25, 0.3) is 0 Å². The molecule has 6 N–H and O–H groups in total. The zero-order chi connectivity index (χ0) is 15.1. The van der Waals surface area contributed by atoms with Crippen molar-refractivity contribution >= 4 is 17.8 Å². The van der Waals surface area contributed by atoms with E-state index in [4.69, 9.17) is 16.6 Å². The third kappa shape index (κ3) is 5.98. The van der Waals surface area contributed by atoms with Crippen molar-refractivity contribution in [3.05, 3.63) is 0 Å². The SMILES string of the molecule is NC(=O)CC[C@H](NC(=O)CN1CCC(N)CC1)C(=O)O. The highest BCUT2D eigenvalue weighted by atomic mass is 16.4. The lowest BCUT2D eigenvalue weighted by molar-refractivity contribution is -0.142. The molecule has 0 bridgehead atoms. The highest BCUT2D eigenvalue weighted by Crippen LogP contribution is 2.07. The number of hydrogen-bond acceptors (Lipinski definition) is 5. The summed E-state index contributed by atoms with van der Waals surface area (Å²) in [6, 6.07) is -0.904. The molecule has 1 atom stereocenters. The van der Waals surface area contributed by atoms with E-state index in [2.05, 4.69) is 5.32 Å². The van der Waals surface area contributed by atoms with Crippen LogP contribution in [0.15, 0.2) is 0 Å². The summed E-state index contributed by atoms with van der Waals surface area (Å²) in [7, 11) is 0. The Morgan fingerprint density at radius 2 is 1.90 bits per heavy atom. The summed E-state index contributed by atoms with van der Waals surface area (Å²) < 4.78 is 0. The number of carboxylic acid groups (broad SMARTS) is 1. The van der Waals surface area contributed by atoms with Crippen molar-refractivity contribution in [2.45, 2.75) is 37.8 Å². The lowest BCUT2D eigenvalue weighted by Crippen LogP contribution is -2.48. The second-order valence-electron chi connectivity index (χ2n) is 5.08. The Balaban J connectivity index is 2.37. The van der Waals surface area contributed by atoms with Crippen LogP contribution < -0.4 is 16.8 Å². The molecule has 0 aromatic rings. The quantitative estimate of drug-likeness (QED) is 0.437. The van der Waals surface area contributed by atoms with Gasteiger partial charge in [-0.15, -0.1) is 0 Å². The van der Waals surface area contributed by atoms with Gasteiger partial charge in [0.1, 0.15) is 6.04 Å². The zero-order valence-corrected chi connectivity index (χ0v) is 11.4. The molecule has 1 saturated heterocycles. The molecule has 0 radical (unpaired) electrons. The molecule has 0 unspecified atom stereocenters. The van der Waals surface area contributed by atoms with Gasteiger partial charge in [0.15, 0.2) is 0 Å². The van der Waals surface area contributed by atoms with E-state index in [-0.39, 0.29) is 31.3 Å². The summed E-state index contributed by atoms with van der Waals surface area (Å²) >= 11 is 0. The highest BCUT2D eigenvalue weighted by Gasteiger charge is 2.23. The average Bonchev–Trinajstić information content (AvgIpc) is 2.36. The first-order valence-corrected chi connectivity index (χ1v) is 6.67. The fourth-order valence-corrected chi connectivity index (χ4v) is 2.10.